The minimum atomic E-state index is -0.682. The summed E-state index contributed by atoms with van der Waals surface area (Å²) in [6, 6.07) is 10.5. The molecule has 2 aromatic rings. The quantitative estimate of drug-likeness (QED) is 0.422. The molecule has 2 aromatic carbocycles. The zero-order chi connectivity index (χ0) is 16.1. The lowest BCUT2D eigenvalue weighted by atomic mass is 10.2. The third-order valence-corrected chi connectivity index (χ3v) is 2.88. The van der Waals surface area contributed by atoms with E-state index in [2.05, 4.69) is 10.9 Å². The van der Waals surface area contributed by atoms with Gasteiger partial charge in [0.2, 0.25) is 0 Å². The van der Waals surface area contributed by atoms with Gasteiger partial charge in [0, 0.05) is 18.3 Å². The van der Waals surface area contributed by atoms with Gasteiger partial charge < -0.3 is 11.2 Å². The van der Waals surface area contributed by atoms with Crippen molar-refractivity contribution >= 4 is 22.7 Å². The Balaban J connectivity index is 2.07. The van der Waals surface area contributed by atoms with Gasteiger partial charge in [0.1, 0.15) is 5.69 Å². The Kier molecular flexibility index (Phi) is 4.49. The summed E-state index contributed by atoms with van der Waals surface area (Å²) in [6.45, 7) is 0.397. The number of nitro benzene ring substituents is 2. The van der Waals surface area contributed by atoms with Gasteiger partial charge >= 0.3 is 5.69 Å². The van der Waals surface area contributed by atoms with Gasteiger partial charge in [0.15, 0.2) is 0 Å². The molecule has 114 valence electrons. The van der Waals surface area contributed by atoms with Gasteiger partial charge in [0.05, 0.1) is 15.9 Å². The Morgan fingerprint density at radius 1 is 1.00 bits per heavy atom. The van der Waals surface area contributed by atoms with E-state index in [1.54, 1.807) is 12.1 Å². The van der Waals surface area contributed by atoms with E-state index in [0.717, 1.165) is 11.6 Å². The van der Waals surface area contributed by atoms with Crippen molar-refractivity contribution in [2.24, 2.45) is 0 Å². The topological polar surface area (TPSA) is 136 Å². The number of non-ortho nitro benzene ring substituents is 1. The Morgan fingerprint density at radius 2 is 1.68 bits per heavy atom. The Morgan fingerprint density at radius 3 is 2.27 bits per heavy atom. The van der Waals surface area contributed by atoms with E-state index in [0.29, 0.717) is 12.2 Å². The summed E-state index contributed by atoms with van der Waals surface area (Å²) in [4.78, 5) is 20.3. The van der Waals surface area contributed by atoms with Gasteiger partial charge in [-0.1, -0.05) is 12.1 Å². The number of nitrogens with one attached hydrogen (secondary N) is 2. The van der Waals surface area contributed by atoms with Crippen molar-refractivity contribution in [3.63, 3.8) is 0 Å². The van der Waals surface area contributed by atoms with Crippen LogP contribution in [0.4, 0.5) is 22.7 Å². The fraction of sp³-hybridized carbons (Fsp3) is 0.0769. The van der Waals surface area contributed by atoms with E-state index < -0.39 is 9.85 Å². The number of nitro groups is 2. The van der Waals surface area contributed by atoms with Crippen LogP contribution in [0.1, 0.15) is 5.56 Å². The summed E-state index contributed by atoms with van der Waals surface area (Å²) >= 11 is 0. The highest BCUT2D eigenvalue weighted by atomic mass is 16.6. The molecule has 0 saturated carbocycles. The Bertz CT molecular complexity index is 702. The molecular formula is C13H13N5O4. The number of anilines is 2. The first-order chi connectivity index (χ1) is 10.5. The summed E-state index contributed by atoms with van der Waals surface area (Å²) in [5, 5.41) is 21.6. The average Bonchev–Trinajstić information content (AvgIpc) is 2.49. The zero-order valence-electron chi connectivity index (χ0n) is 11.4. The van der Waals surface area contributed by atoms with E-state index in [9.17, 15) is 20.2 Å². The van der Waals surface area contributed by atoms with E-state index in [1.807, 2.05) is 12.1 Å². The Labute approximate surface area is 125 Å². The van der Waals surface area contributed by atoms with E-state index >= 15 is 0 Å². The second-order valence-electron chi connectivity index (χ2n) is 4.44. The first-order valence-corrected chi connectivity index (χ1v) is 6.23. The van der Waals surface area contributed by atoms with Crippen molar-refractivity contribution in [3.8, 4) is 0 Å². The molecule has 0 heterocycles. The minimum absolute atomic E-state index is 0.144. The predicted octanol–water partition coefficient (Wildman–Crippen LogP) is 2.20. The van der Waals surface area contributed by atoms with Crippen molar-refractivity contribution in [3.05, 3.63) is 68.3 Å². The standard InChI is InChI=1S/C13H13N5O4/c14-10-3-1-9(2-4-10)8-15-16-12-6-5-11(17(19)20)7-13(12)18(21)22/h1-7,15-16H,8,14H2. The number of nitrogen functional groups attached to an aromatic ring is 1. The molecule has 0 aromatic heterocycles. The summed E-state index contributed by atoms with van der Waals surface area (Å²) < 4.78 is 0. The summed E-state index contributed by atoms with van der Waals surface area (Å²) in [5.41, 5.74) is 12.1. The largest absolute Gasteiger partial charge is 0.399 e. The minimum Gasteiger partial charge on any atom is -0.399 e. The number of rotatable bonds is 6. The molecule has 0 aliphatic rings. The monoisotopic (exact) mass is 303 g/mol. The van der Waals surface area contributed by atoms with Crippen molar-refractivity contribution < 1.29 is 9.85 Å². The van der Waals surface area contributed by atoms with Gasteiger partial charge in [0.25, 0.3) is 5.69 Å². The highest BCUT2D eigenvalue weighted by Crippen LogP contribution is 2.28. The van der Waals surface area contributed by atoms with Crippen LogP contribution >= 0.6 is 0 Å². The lowest BCUT2D eigenvalue weighted by Crippen LogP contribution is -2.21. The molecule has 2 rings (SSSR count). The van der Waals surface area contributed by atoms with Crippen LogP contribution in [0.3, 0.4) is 0 Å². The van der Waals surface area contributed by atoms with Crippen LogP contribution in [0, 0.1) is 20.2 Å². The van der Waals surface area contributed by atoms with E-state index in [-0.39, 0.29) is 17.1 Å². The third-order valence-electron chi connectivity index (χ3n) is 2.88. The van der Waals surface area contributed by atoms with Crippen molar-refractivity contribution in [2.75, 3.05) is 11.2 Å². The lowest BCUT2D eigenvalue weighted by Gasteiger charge is -2.09. The molecule has 0 atom stereocenters. The van der Waals surface area contributed by atoms with Crippen LogP contribution < -0.4 is 16.6 Å². The molecule has 0 bridgehead atoms. The van der Waals surface area contributed by atoms with Crippen LogP contribution in [0.25, 0.3) is 0 Å². The number of nitrogens with zero attached hydrogens (tertiary/aromatic N) is 2. The van der Waals surface area contributed by atoms with Gasteiger partial charge in [-0.15, -0.1) is 0 Å². The van der Waals surface area contributed by atoms with Gasteiger partial charge in [-0.2, -0.15) is 0 Å². The highest BCUT2D eigenvalue weighted by molar-refractivity contribution is 5.64. The first kappa shape index (κ1) is 15.2. The summed E-state index contributed by atoms with van der Waals surface area (Å²) in [6.07, 6.45) is 0. The highest BCUT2D eigenvalue weighted by Gasteiger charge is 2.19. The maximum absolute atomic E-state index is 11.0. The SMILES string of the molecule is Nc1ccc(CNNc2ccc([N+](=O)[O-])cc2[N+](=O)[O-])cc1. The van der Waals surface area contributed by atoms with Gasteiger partial charge in [-0.3, -0.25) is 20.2 Å². The van der Waals surface area contributed by atoms with Crippen LogP contribution in [-0.2, 0) is 6.54 Å². The zero-order valence-corrected chi connectivity index (χ0v) is 11.4. The molecule has 4 N–H and O–H groups in total. The normalized spacial score (nSPS) is 10.2. The van der Waals surface area contributed by atoms with E-state index in [1.165, 1.54) is 12.1 Å². The first-order valence-electron chi connectivity index (χ1n) is 6.23. The fourth-order valence-electron chi connectivity index (χ4n) is 1.77. The molecule has 22 heavy (non-hydrogen) atoms. The number of hydrogen-bond acceptors (Lipinski definition) is 7. The van der Waals surface area contributed by atoms with Gasteiger partial charge in [-0.25, -0.2) is 5.43 Å². The Hall–Kier alpha value is -3.20. The smallest absolute Gasteiger partial charge is 0.300 e. The second kappa shape index (κ2) is 6.50. The molecule has 0 aliphatic heterocycles. The van der Waals surface area contributed by atoms with Crippen LogP contribution in [0.2, 0.25) is 0 Å². The van der Waals surface area contributed by atoms with Crippen LogP contribution in [0.15, 0.2) is 42.5 Å². The summed E-state index contributed by atoms with van der Waals surface area (Å²) in [7, 11) is 0. The maximum Gasteiger partial charge on any atom is 0.300 e. The molecule has 0 aliphatic carbocycles. The maximum atomic E-state index is 11.0. The molecule has 9 heteroatoms. The molecule has 0 unspecified atom stereocenters. The van der Waals surface area contributed by atoms with Crippen molar-refractivity contribution in [1.82, 2.24) is 5.43 Å². The van der Waals surface area contributed by atoms with Crippen LogP contribution in [-0.4, -0.2) is 9.85 Å². The predicted molar refractivity (Wildman–Crippen MR) is 81.1 cm³/mol. The fourth-order valence-corrected chi connectivity index (χ4v) is 1.77. The van der Waals surface area contributed by atoms with Crippen molar-refractivity contribution in [1.29, 1.82) is 0 Å². The number of benzene rings is 2. The molecule has 0 radical (unpaired) electrons. The molecule has 0 fully saturated rings. The molecule has 0 amide bonds. The second-order valence-corrected chi connectivity index (χ2v) is 4.44. The molecule has 9 nitrogen and oxygen atoms in total. The molecule has 0 saturated heterocycles. The molecule has 0 spiro atoms. The third kappa shape index (κ3) is 3.67. The number of hydrogen-bond donors (Lipinski definition) is 3. The van der Waals surface area contributed by atoms with Crippen molar-refractivity contribution in [2.45, 2.75) is 6.54 Å². The summed E-state index contributed by atoms with van der Waals surface area (Å²) in [5.74, 6) is 0. The molecular weight excluding hydrogens is 290 g/mol. The number of nitrogens with two attached hydrogens (primary N) is 1. The number of hydrazine groups is 1. The van der Waals surface area contributed by atoms with Crippen LogP contribution in [0.5, 0.6) is 0 Å². The van der Waals surface area contributed by atoms with Gasteiger partial charge in [-0.05, 0) is 23.8 Å². The lowest BCUT2D eigenvalue weighted by molar-refractivity contribution is -0.393. The average molecular weight is 303 g/mol. The van der Waals surface area contributed by atoms with E-state index in [4.69, 9.17) is 5.73 Å².